The maximum Gasteiger partial charge on any atom is 0.230 e. The molecule has 2 saturated heterocycles. The van der Waals surface area contributed by atoms with Crippen molar-refractivity contribution in [2.24, 2.45) is 5.41 Å². The second-order valence-electron chi connectivity index (χ2n) is 8.18. The fourth-order valence-corrected chi connectivity index (χ4v) is 4.82. The van der Waals surface area contributed by atoms with E-state index in [9.17, 15) is 4.79 Å². The molecule has 1 atom stereocenters. The maximum absolute atomic E-state index is 13.3. The number of likely N-dealkylation sites (tertiary alicyclic amines) is 2. The first-order chi connectivity index (χ1) is 13.7. The normalized spacial score (nSPS) is 23.1. The summed E-state index contributed by atoms with van der Waals surface area (Å²) in [4.78, 5) is 21.9. The molecule has 3 aromatic rings. The maximum atomic E-state index is 13.3. The largest absolute Gasteiger partial charge is 0.460 e. The predicted octanol–water partition coefficient (Wildman–Crippen LogP) is 3.84. The van der Waals surface area contributed by atoms with E-state index in [1.807, 2.05) is 41.4 Å². The first-order valence-corrected chi connectivity index (χ1v) is 10.1. The van der Waals surface area contributed by atoms with E-state index >= 15 is 0 Å². The van der Waals surface area contributed by atoms with Crippen molar-refractivity contribution in [1.29, 1.82) is 0 Å². The quantitative estimate of drug-likeness (QED) is 0.695. The second kappa shape index (κ2) is 7.06. The number of rotatable bonds is 4. The third-order valence-electron chi connectivity index (χ3n) is 6.21. The van der Waals surface area contributed by atoms with Crippen molar-refractivity contribution in [2.45, 2.75) is 32.4 Å². The van der Waals surface area contributed by atoms with Gasteiger partial charge in [-0.2, -0.15) is 0 Å². The molecule has 4 heterocycles. The highest BCUT2D eigenvalue weighted by Crippen LogP contribution is 2.41. The second-order valence-corrected chi connectivity index (χ2v) is 8.18. The zero-order chi connectivity index (χ0) is 19.0. The Morgan fingerprint density at radius 1 is 1.07 bits per heavy atom. The molecule has 2 aliphatic heterocycles. The number of hydrogen-bond donors (Lipinski definition) is 0. The summed E-state index contributed by atoms with van der Waals surface area (Å²) in [5.74, 6) is 1.29. The number of pyridine rings is 1. The number of amides is 1. The molecule has 1 spiro atoms. The molecule has 1 amide bonds. The van der Waals surface area contributed by atoms with Crippen molar-refractivity contribution < 1.29 is 9.21 Å². The number of benzene rings is 1. The first-order valence-electron chi connectivity index (χ1n) is 10.1. The zero-order valence-electron chi connectivity index (χ0n) is 16.0. The molecular weight excluding hydrogens is 350 g/mol. The van der Waals surface area contributed by atoms with Crippen LogP contribution in [0.15, 0.2) is 59.3 Å². The summed E-state index contributed by atoms with van der Waals surface area (Å²) in [6.07, 6.45) is 6.64. The van der Waals surface area contributed by atoms with Gasteiger partial charge in [0.15, 0.2) is 0 Å². The van der Waals surface area contributed by atoms with Gasteiger partial charge >= 0.3 is 0 Å². The summed E-state index contributed by atoms with van der Waals surface area (Å²) in [6, 6.07) is 14.2. The Balaban J connectivity index is 1.28. The van der Waals surface area contributed by atoms with Crippen LogP contribution in [0.25, 0.3) is 11.0 Å². The molecule has 0 bridgehead atoms. The molecule has 2 aromatic heterocycles. The number of piperidine rings is 1. The van der Waals surface area contributed by atoms with Gasteiger partial charge in [0.2, 0.25) is 5.91 Å². The Labute approximate surface area is 165 Å². The van der Waals surface area contributed by atoms with Crippen LogP contribution in [0.3, 0.4) is 0 Å². The lowest BCUT2D eigenvalue weighted by Gasteiger charge is -2.39. The summed E-state index contributed by atoms with van der Waals surface area (Å²) >= 11 is 0. The minimum atomic E-state index is -0.230. The summed E-state index contributed by atoms with van der Waals surface area (Å²) in [5, 5.41) is 1.14. The fourth-order valence-electron chi connectivity index (χ4n) is 4.82. The van der Waals surface area contributed by atoms with Crippen molar-refractivity contribution in [3.63, 3.8) is 0 Å². The molecular formula is C23H25N3O2. The van der Waals surface area contributed by atoms with Gasteiger partial charge in [0.25, 0.3) is 0 Å². The lowest BCUT2D eigenvalue weighted by Crippen LogP contribution is -2.49. The highest BCUT2D eigenvalue weighted by molar-refractivity contribution is 5.84. The smallest absolute Gasteiger partial charge is 0.230 e. The summed E-state index contributed by atoms with van der Waals surface area (Å²) in [7, 11) is 0. The Morgan fingerprint density at radius 3 is 2.86 bits per heavy atom. The Morgan fingerprint density at radius 2 is 2.00 bits per heavy atom. The van der Waals surface area contributed by atoms with E-state index in [0.29, 0.717) is 12.5 Å². The Hall–Kier alpha value is -2.66. The Kier molecular flexibility index (Phi) is 4.40. The van der Waals surface area contributed by atoms with Crippen molar-refractivity contribution in [3.8, 4) is 0 Å². The molecule has 2 aliphatic rings. The van der Waals surface area contributed by atoms with Crippen LogP contribution in [0, 0.1) is 5.41 Å². The lowest BCUT2D eigenvalue weighted by atomic mass is 9.78. The SMILES string of the molecule is O=C1N(Cc2cccnc2)CCC[C@@]12CCN(Cc1cc3ccccc3o1)C2. The Bertz CT molecular complexity index is 951. The van der Waals surface area contributed by atoms with Crippen LogP contribution in [0.4, 0.5) is 0 Å². The topological polar surface area (TPSA) is 49.6 Å². The van der Waals surface area contributed by atoms with Crippen LogP contribution in [-0.4, -0.2) is 40.3 Å². The summed E-state index contributed by atoms with van der Waals surface area (Å²) in [6.45, 7) is 4.05. The van der Waals surface area contributed by atoms with E-state index in [2.05, 4.69) is 22.0 Å². The van der Waals surface area contributed by atoms with Crippen molar-refractivity contribution in [2.75, 3.05) is 19.6 Å². The molecule has 28 heavy (non-hydrogen) atoms. The molecule has 0 unspecified atom stereocenters. The highest BCUT2D eigenvalue weighted by Gasteiger charge is 2.48. The van der Waals surface area contributed by atoms with Crippen molar-refractivity contribution >= 4 is 16.9 Å². The number of aromatic nitrogens is 1. The fraction of sp³-hybridized carbons (Fsp3) is 0.391. The van der Waals surface area contributed by atoms with Crippen LogP contribution in [-0.2, 0) is 17.9 Å². The molecule has 5 nitrogen and oxygen atoms in total. The van der Waals surface area contributed by atoms with Gasteiger partial charge in [-0.25, -0.2) is 0 Å². The monoisotopic (exact) mass is 375 g/mol. The van der Waals surface area contributed by atoms with Gasteiger partial charge in [-0.3, -0.25) is 14.7 Å². The van der Waals surface area contributed by atoms with Gasteiger partial charge in [-0.15, -0.1) is 0 Å². The van der Waals surface area contributed by atoms with E-state index in [0.717, 1.165) is 67.7 Å². The number of nitrogens with zero attached hydrogens (tertiary/aromatic N) is 3. The van der Waals surface area contributed by atoms with Gasteiger partial charge in [-0.1, -0.05) is 24.3 Å². The number of carbonyl (C=O) groups is 1. The minimum Gasteiger partial charge on any atom is -0.460 e. The molecule has 144 valence electrons. The number of fused-ring (bicyclic) bond motifs is 1. The van der Waals surface area contributed by atoms with Crippen molar-refractivity contribution in [3.05, 3.63) is 66.2 Å². The highest BCUT2D eigenvalue weighted by atomic mass is 16.3. The summed E-state index contributed by atoms with van der Waals surface area (Å²) < 4.78 is 5.99. The molecule has 5 heteroatoms. The third kappa shape index (κ3) is 3.20. The van der Waals surface area contributed by atoms with E-state index < -0.39 is 0 Å². The van der Waals surface area contributed by atoms with Crippen LogP contribution >= 0.6 is 0 Å². The molecule has 0 radical (unpaired) electrons. The zero-order valence-corrected chi connectivity index (χ0v) is 16.0. The van der Waals surface area contributed by atoms with Crippen molar-refractivity contribution in [1.82, 2.24) is 14.8 Å². The number of furan rings is 1. The van der Waals surface area contributed by atoms with Gasteiger partial charge in [-0.05, 0) is 49.6 Å². The van der Waals surface area contributed by atoms with Crippen LogP contribution in [0.2, 0.25) is 0 Å². The van der Waals surface area contributed by atoms with Crippen LogP contribution < -0.4 is 0 Å². The standard InChI is InChI=1S/C23H25N3O2/c27-22-23(8-4-11-26(22)15-18-5-3-10-24-14-18)9-12-25(17-23)16-20-13-19-6-1-2-7-21(19)28-20/h1-3,5-7,10,13-14H,4,8-9,11-12,15-17H2/t23-/m0/s1. The molecule has 2 fully saturated rings. The molecule has 1 aromatic carbocycles. The molecule has 0 saturated carbocycles. The average molecular weight is 375 g/mol. The van der Waals surface area contributed by atoms with Gasteiger partial charge in [0, 0.05) is 37.4 Å². The van der Waals surface area contributed by atoms with Crippen LogP contribution in [0.1, 0.15) is 30.6 Å². The van der Waals surface area contributed by atoms with Gasteiger partial charge in [0.05, 0.1) is 12.0 Å². The van der Waals surface area contributed by atoms with Gasteiger partial charge in [0.1, 0.15) is 11.3 Å². The van der Waals surface area contributed by atoms with E-state index in [1.54, 1.807) is 6.20 Å². The number of hydrogen-bond acceptors (Lipinski definition) is 4. The van der Waals surface area contributed by atoms with E-state index in [-0.39, 0.29) is 5.41 Å². The molecule has 0 aliphatic carbocycles. The first kappa shape index (κ1) is 17.4. The average Bonchev–Trinajstić information content (AvgIpc) is 3.31. The predicted molar refractivity (Wildman–Crippen MR) is 107 cm³/mol. The minimum absolute atomic E-state index is 0.230. The molecule has 5 rings (SSSR count). The number of carbonyl (C=O) groups excluding carboxylic acids is 1. The van der Waals surface area contributed by atoms with Gasteiger partial charge < -0.3 is 9.32 Å². The van der Waals surface area contributed by atoms with E-state index in [4.69, 9.17) is 4.42 Å². The van der Waals surface area contributed by atoms with Crippen LogP contribution in [0.5, 0.6) is 0 Å². The molecule has 0 N–H and O–H groups in total. The van der Waals surface area contributed by atoms with E-state index in [1.165, 1.54) is 0 Å². The number of para-hydroxylation sites is 1. The lowest BCUT2D eigenvalue weighted by molar-refractivity contribution is -0.146. The summed E-state index contributed by atoms with van der Waals surface area (Å²) in [5.41, 5.74) is 1.81. The third-order valence-corrected chi connectivity index (χ3v) is 6.21.